The number of carbonyl (C=O) groups excluding carboxylic acids is 1. The number of benzene rings is 1. The molecule has 7 heteroatoms. The Kier molecular flexibility index (Phi) is 5.30. The van der Waals surface area contributed by atoms with Crippen LogP contribution in [0, 0.1) is 0 Å². The number of hydrogen-bond acceptors (Lipinski definition) is 6. The van der Waals surface area contributed by atoms with E-state index in [2.05, 4.69) is 4.98 Å². The first-order chi connectivity index (χ1) is 14.3. The molecule has 1 atom stereocenters. The molecule has 1 spiro atoms. The number of nitrogens with zero attached hydrogens (tertiary/aromatic N) is 4. The Hall–Kier alpha value is -2.83. The Labute approximate surface area is 177 Å². The molecule has 1 unspecified atom stereocenters. The van der Waals surface area contributed by atoms with Gasteiger partial charge in [-0.15, -0.1) is 0 Å². The fourth-order valence-corrected chi connectivity index (χ4v) is 4.68. The highest BCUT2D eigenvalue weighted by Crippen LogP contribution is 2.44. The average molecular weight is 411 g/mol. The quantitative estimate of drug-likeness (QED) is 0.834. The zero-order chi connectivity index (χ0) is 21.5. The van der Waals surface area contributed by atoms with Gasteiger partial charge >= 0.3 is 0 Å². The number of fused-ring (bicyclic) bond motifs is 2. The second-order valence-corrected chi connectivity index (χ2v) is 8.93. The first-order valence-electron chi connectivity index (χ1n) is 10.6. The van der Waals surface area contributed by atoms with Crippen LogP contribution in [-0.4, -0.2) is 59.2 Å². The Morgan fingerprint density at radius 3 is 2.80 bits per heavy atom. The van der Waals surface area contributed by atoms with Crippen LogP contribution in [0.3, 0.4) is 0 Å². The number of aromatic hydroxyl groups is 1. The third kappa shape index (κ3) is 3.80. The summed E-state index contributed by atoms with van der Waals surface area (Å²) >= 11 is 0. The minimum Gasteiger partial charge on any atom is -0.508 e. The van der Waals surface area contributed by atoms with E-state index in [1.54, 1.807) is 12.1 Å². The number of ether oxygens (including phenoxy) is 1. The molecule has 1 fully saturated rings. The third-order valence-corrected chi connectivity index (χ3v) is 6.00. The van der Waals surface area contributed by atoms with Crippen molar-refractivity contribution in [3.05, 3.63) is 41.2 Å². The topological polar surface area (TPSA) is 78.8 Å². The molecular weight excluding hydrogens is 380 g/mol. The molecular formula is C23H30N4O3. The molecule has 0 radical (unpaired) electrons. The van der Waals surface area contributed by atoms with Crippen molar-refractivity contribution in [3.63, 3.8) is 0 Å². The number of anilines is 1. The van der Waals surface area contributed by atoms with Crippen molar-refractivity contribution in [1.29, 1.82) is 0 Å². The Morgan fingerprint density at radius 1 is 1.27 bits per heavy atom. The van der Waals surface area contributed by atoms with Crippen molar-refractivity contribution in [1.82, 2.24) is 14.9 Å². The minimum atomic E-state index is -0.120. The summed E-state index contributed by atoms with van der Waals surface area (Å²) in [6.45, 7) is 5.18. The van der Waals surface area contributed by atoms with E-state index in [0.29, 0.717) is 30.4 Å². The minimum absolute atomic E-state index is 0.0337. The van der Waals surface area contributed by atoms with Crippen LogP contribution in [0.4, 0.5) is 5.95 Å². The number of amides is 1. The van der Waals surface area contributed by atoms with Crippen LogP contribution in [0.2, 0.25) is 0 Å². The van der Waals surface area contributed by atoms with Gasteiger partial charge in [0.25, 0.3) is 5.91 Å². The van der Waals surface area contributed by atoms with Crippen LogP contribution in [0.5, 0.6) is 11.5 Å². The monoisotopic (exact) mass is 410 g/mol. The van der Waals surface area contributed by atoms with E-state index < -0.39 is 0 Å². The molecule has 2 aliphatic rings. The zero-order valence-electron chi connectivity index (χ0n) is 18.2. The second-order valence-electron chi connectivity index (χ2n) is 8.93. The van der Waals surface area contributed by atoms with E-state index in [4.69, 9.17) is 9.72 Å². The Bertz CT molecular complexity index is 955. The molecule has 2 aromatic rings. The van der Waals surface area contributed by atoms with E-state index in [0.717, 1.165) is 31.4 Å². The summed E-state index contributed by atoms with van der Waals surface area (Å²) in [5, 5.41) is 10.1. The summed E-state index contributed by atoms with van der Waals surface area (Å²) < 4.78 is 5.70. The summed E-state index contributed by atoms with van der Waals surface area (Å²) in [6, 6.07) is 4.78. The molecule has 30 heavy (non-hydrogen) atoms. The maximum atomic E-state index is 13.3. The Morgan fingerprint density at radius 2 is 2.07 bits per heavy atom. The largest absolute Gasteiger partial charge is 0.508 e. The molecule has 1 aromatic heterocycles. The number of carbonyl (C=O) groups is 1. The Balaban J connectivity index is 1.61. The van der Waals surface area contributed by atoms with Gasteiger partial charge in [-0.3, -0.25) is 4.79 Å². The van der Waals surface area contributed by atoms with Gasteiger partial charge in [-0.05, 0) is 57.2 Å². The number of phenolic OH excluding ortho intramolecular Hbond substituents is 1. The molecule has 7 nitrogen and oxygen atoms in total. The smallest absolute Gasteiger partial charge is 0.254 e. The van der Waals surface area contributed by atoms with Crippen molar-refractivity contribution in [2.45, 2.75) is 51.0 Å². The molecule has 1 aliphatic carbocycles. The molecule has 1 aliphatic heterocycles. The maximum absolute atomic E-state index is 13.3. The summed E-state index contributed by atoms with van der Waals surface area (Å²) in [6.07, 6.45) is 5.80. The highest BCUT2D eigenvalue weighted by molar-refractivity contribution is 5.95. The molecule has 160 valence electrons. The third-order valence-electron chi connectivity index (χ3n) is 6.00. The standard InChI is InChI=1S/C23H30N4O3/c1-15(2)30-19-11-17(10-18(28)12-19)21(29)27-9-5-7-23(14-27)8-6-16-13-24-22(26(3)4)25-20(16)23/h10-13,15,28H,5-9,14H2,1-4H3. The van der Waals surface area contributed by atoms with Gasteiger partial charge in [0.05, 0.1) is 11.8 Å². The van der Waals surface area contributed by atoms with E-state index in [1.165, 1.54) is 11.6 Å². The summed E-state index contributed by atoms with van der Waals surface area (Å²) in [5.74, 6) is 1.18. The fraction of sp³-hybridized carbons (Fsp3) is 0.522. The van der Waals surface area contributed by atoms with Gasteiger partial charge in [0, 0.05) is 50.4 Å². The predicted molar refractivity (Wildman–Crippen MR) is 115 cm³/mol. The molecule has 1 saturated heterocycles. The van der Waals surface area contributed by atoms with Crippen LogP contribution in [0.25, 0.3) is 0 Å². The average Bonchev–Trinajstić information content (AvgIpc) is 3.03. The lowest BCUT2D eigenvalue weighted by Crippen LogP contribution is -2.48. The predicted octanol–water partition coefficient (Wildman–Crippen LogP) is 3.16. The molecule has 1 amide bonds. The summed E-state index contributed by atoms with van der Waals surface area (Å²) in [4.78, 5) is 26.5. The van der Waals surface area contributed by atoms with Crippen LogP contribution < -0.4 is 9.64 Å². The van der Waals surface area contributed by atoms with Crippen LogP contribution in [0.15, 0.2) is 24.4 Å². The van der Waals surface area contributed by atoms with Gasteiger partial charge in [0.2, 0.25) is 5.95 Å². The lowest BCUT2D eigenvalue weighted by molar-refractivity contribution is 0.0632. The maximum Gasteiger partial charge on any atom is 0.254 e. The molecule has 1 aromatic carbocycles. The van der Waals surface area contributed by atoms with Gasteiger partial charge in [0.15, 0.2) is 0 Å². The summed E-state index contributed by atoms with van der Waals surface area (Å²) in [7, 11) is 3.89. The van der Waals surface area contributed by atoms with Crippen molar-refractivity contribution < 1.29 is 14.6 Å². The first kappa shape index (κ1) is 20.4. The molecule has 0 bridgehead atoms. The molecule has 1 N–H and O–H groups in total. The molecule has 2 heterocycles. The van der Waals surface area contributed by atoms with Crippen LogP contribution >= 0.6 is 0 Å². The van der Waals surface area contributed by atoms with Crippen molar-refractivity contribution in [2.24, 2.45) is 0 Å². The molecule has 4 rings (SSSR count). The number of rotatable bonds is 4. The number of aryl methyl sites for hydroxylation is 1. The SMILES string of the molecule is CC(C)Oc1cc(O)cc(C(=O)N2CCCC3(CCc4cnc(N(C)C)nc43)C2)c1. The zero-order valence-corrected chi connectivity index (χ0v) is 18.2. The number of aromatic nitrogens is 2. The van der Waals surface area contributed by atoms with Crippen LogP contribution in [0.1, 0.15) is 54.7 Å². The van der Waals surface area contributed by atoms with E-state index in [1.807, 2.05) is 43.9 Å². The number of piperidine rings is 1. The van der Waals surface area contributed by atoms with Gasteiger partial charge in [-0.25, -0.2) is 9.97 Å². The van der Waals surface area contributed by atoms with E-state index >= 15 is 0 Å². The highest BCUT2D eigenvalue weighted by atomic mass is 16.5. The number of phenols is 1. The lowest BCUT2D eigenvalue weighted by Gasteiger charge is -2.40. The lowest BCUT2D eigenvalue weighted by atomic mass is 9.77. The second kappa shape index (κ2) is 7.78. The van der Waals surface area contributed by atoms with Crippen molar-refractivity contribution in [3.8, 4) is 11.5 Å². The number of likely N-dealkylation sites (tertiary alicyclic amines) is 1. The van der Waals surface area contributed by atoms with Crippen LogP contribution in [-0.2, 0) is 11.8 Å². The fourth-order valence-electron chi connectivity index (χ4n) is 4.68. The van der Waals surface area contributed by atoms with Gasteiger partial charge in [-0.1, -0.05) is 0 Å². The van der Waals surface area contributed by atoms with Crippen molar-refractivity contribution >= 4 is 11.9 Å². The first-order valence-corrected chi connectivity index (χ1v) is 10.6. The van der Waals surface area contributed by atoms with E-state index in [9.17, 15) is 9.90 Å². The summed E-state index contributed by atoms with van der Waals surface area (Å²) in [5.41, 5.74) is 2.63. The van der Waals surface area contributed by atoms with Gasteiger partial charge in [0.1, 0.15) is 11.5 Å². The van der Waals surface area contributed by atoms with Gasteiger partial charge < -0.3 is 19.6 Å². The van der Waals surface area contributed by atoms with E-state index in [-0.39, 0.29) is 23.2 Å². The van der Waals surface area contributed by atoms with Gasteiger partial charge in [-0.2, -0.15) is 0 Å². The van der Waals surface area contributed by atoms with Crippen molar-refractivity contribution in [2.75, 3.05) is 32.1 Å². The normalized spacial score (nSPS) is 20.5. The number of hydrogen-bond donors (Lipinski definition) is 1. The highest BCUT2D eigenvalue weighted by Gasteiger charge is 2.45. The molecule has 0 saturated carbocycles.